The number of anilines is 1. The summed E-state index contributed by atoms with van der Waals surface area (Å²) in [5, 5.41) is 17.2. The number of benzene rings is 1. The van der Waals surface area contributed by atoms with Crippen LogP contribution in [0.1, 0.15) is 18.7 Å². The van der Waals surface area contributed by atoms with E-state index >= 15 is 0 Å². The molecule has 4 N–H and O–H groups in total. The van der Waals surface area contributed by atoms with E-state index in [1.807, 2.05) is 49.4 Å². The van der Waals surface area contributed by atoms with Gasteiger partial charge in [0.2, 0.25) is 0 Å². The van der Waals surface area contributed by atoms with Crippen molar-refractivity contribution in [3.63, 3.8) is 0 Å². The van der Waals surface area contributed by atoms with Gasteiger partial charge in [0.1, 0.15) is 24.6 Å². The minimum Gasteiger partial charge on any atom is -0.480 e. The standard InChI is InChI=1S/C24H27N7O6/c1-2-26-24(34)30-21-18-22(28-12-27-21)31(13-29-18)23-20-19(15(35-23)10-25-11-16(32)33)36-17(37-20)9-8-14-6-4-3-5-7-14/h3-9,12-13,15,17,19-20,23,25H,2,10-11H2,1H3,(H,32,33)(H2,26,27,28,30,34)/t15?,17-,19-,20?,23?/m1/s1. The Balaban J connectivity index is 1.39. The molecule has 0 bridgehead atoms. The molecule has 3 aromatic rings. The maximum Gasteiger partial charge on any atom is 0.320 e. The molecule has 2 aliphatic rings. The molecule has 0 aliphatic carbocycles. The van der Waals surface area contributed by atoms with Gasteiger partial charge in [0.05, 0.1) is 12.9 Å². The molecular weight excluding hydrogens is 482 g/mol. The van der Waals surface area contributed by atoms with Gasteiger partial charge in [-0.25, -0.2) is 19.7 Å². The molecule has 194 valence electrons. The molecule has 2 saturated heterocycles. The van der Waals surface area contributed by atoms with Crippen molar-refractivity contribution in [2.24, 2.45) is 0 Å². The summed E-state index contributed by atoms with van der Waals surface area (Å²) in [5.74, 6) is -0.709. The third-order valence-corrected chi connectivity index (χ3v) is 5.94. The molecule has 2 amide bonds. The highest BCUT2D eigenvalue weighted by atomic mass is 16.8. The van der Waals surface area contributed by atoms with Crippen molar-refractivity contribution in [3.8, 4) is 0 Å². The normalized spacial score (nSPS) is 24.9. The number of hydrogen-bond acceptors (Lipinski definition) is 9. The summed E-state index contributed by atoms with van der Waals surface area (Å²) in [4.78, 5) is 35.9. The summed E-state index contributed by atoms with van der Waals surface area (Å²) in [7, 11) is 0. The van der Waals surface area contributed by atoms with Crippen molar-refractivity contribution in [3.05, 3.63) is 54.6 Å². The Hall–Kier alpha value is -3.91. The Bertz CT molecular complexity index is 1280. The first-order chi connectivity index (χ1) is 18.0. The maximum atomic E-state index is 12.0. The lowest BCUT2D eigenvalue weighted by atomic mass is 10.1. The number of nitrogens with zero attached hydrogens (tertiary/aromatic N) is 4. The fourth-order valence-corrected chi connectivity index (χ4v) is 4.36. The van der Waals surface area contributed by atoms with E-state index in [9.17, 15) is 9.59 Å². The monoisotopic (exact) mass is 509 g/mol. The molecule has 2 fully saturated rings. The number of amides is 2. The van der Waals surface area contributed by atoms with E-state index < -0.39 is 42.8 Å². The molecule has 3 unspecified atom stereocenters. The van der Waals surface area contributed by atoms with Crippen LogP contribution >= 0.6 is 0 Å². The van der Waals surface area contributed by atoms with Crippen LogP contribution in [-0.2, 0) is 19.0 Å². The van der Waals surface area contributed by atoms with E-state index in [1.54, 1.807) is 10.9 Å². The minimum absolute atomic E-state index is 0.212. The van der Waals surface area contributed by atoms with Crippen LogP contribution in [0.2, 0.25) is 0 Å². The Labute approximate surface area is 211 Å². The summed E-state index contributed by atoms with van der Waals surface area (Å²) in [6, 6.07) is 9.37. The summed E-state index contributed by atoms with van der Waals surface area (Å²) in [5.41, 5.74) is 1.83. The lowest BCUT2D eigenvalue weighted by molar-refractivity contribution is -0.137. The summed E-state index contributed by atoms with van der Waals surface area (Å²) < 4.78 is 20.4. The van der Waals surface area contributed by atoms with E-state index in [-0.39, 0.29) is 18.9 Å². The van der Waals surface area contributed by atoms with Crippen LogP contribution in [0.25, 0.3) is 17.2 Å². The number of urea groups is 1. The van der Waals surface area contributed by atoms with Crippen molar-refractivity contribution >= 4 is 35.1 Å². The first-order valence-electron chi connectivity index (χ1n) is 11.9. The maximum absolute atomic E-state index is 12.0. The zero-order valence-electron chi connectivity index (χ0n) is 20.0. The van der Waals surface area contributed by atoms with E-state index in [0.29, 0.717) is 17.7 Å². The molecular formula is C24H27N7O6. The number of aliphatic carboxylic acids is 1. The summed E-state index contributed by atoms with van der Waals surface area (Å²) >= 11 is 0. The van der Waals surface area contributed by atoms with Crippen LogP contribution < -0.4 is 16.0 Å². The van der Waals surface area contributed by atoms with Gasteiger partial charge in [-0.1, -0.05) is 36.4 Å². The molecule has 13 nitrogen and oxygen atoms in total. The molecule has 5 rings (SSSR count). The highest BCUT2D eigenvalue weighted by Crippen LogP contribution is 2.40. The average Bonchev–Trinajstić information content (AvgIpc) is 3.58. The van der Waals surface area contributed by atoms with Crippen LogP contribution in [0, 0.1) is 0 Å². The van der Waals surface area contributed by atoms with Crippen molar-refractivity contribution < 1.29 is 28.9 Å². The fourth-order valence-electron chi connectivity index (χ4n) is 4.36. The zero-order valence-corrected chi connectivity index (χ0v) is 20.0. The lowest BCUT2D eigenvalue weighted by Crippen LogP contribution is -2.38. The van der Waals surface area contributed by atoms with Gasteiger partial charge in [-0.3, -0.25) is 14.7 Å². The van der Waals surface area contributed by atoms with E-state index in [2.05, 4.69) is 30.9 Å². The Kier molecular flexibility index (Phi) is 7.37. The highest BCUT2D eigenvalue weighted by Gasteiger charge is 2.53. The van der Waals surface area contributed by atoms with Crippen molar-refractivity contribution in [2.45, 2.75) is 37.8 Å². The number of carboxylic acid groups (broad SMARTS) is 1. The number of carbonyl (C=O) groups is 2. The fraction of sp³-hybridized carbons (Fsp3) is 0.375. The summed E-state index contributed by atoms with van der Waals surface area (Å²) in [6.07, 6.45) is 3.87. The van der Waals surface area contributed by atoms with E-state index in [1.165, 1.54) is 6.33 Å². The van der Waals surface area contributed by atoms with Crippen molar-refractivity contribution in [1.82, 2.24) is 30.2 Å². The second-order valence-electron chi connectivity index (χ2n) is 8.46. The van der Waals surface area contributed by atoms with Crippen LogP contribution in [-0.4, -0.2) is 80.9 Å². The predicted molar refractivity (Wildman–Crippen MR) is 131 cm³/mol. The van der Waals surface area contributed by atoms with Gasteiger partial charge in [-0.05, 0) is 18.6 Å². The highest BCUT2D eigenvalue weighted by molar-refractivity contribution is 5.95. The second-order valence-corrected chi connectivity index (χ2v) is 8.46. The Morgan fingerprint density at radius 1 is 1.11 bits per heavy atom. The van der Waals surface area contributed by atoms with Gasteiger partial charge in [0.25, 0.3) is 0 Å². The van der Waals surface area contributed by atoms with E-state index in [0.717, 1.165) is 5.56 Å². The topological polar surface area (TPSA) is 162 Å². The molecule has 4 heterocycles. The summed E-state index contributed by atoms with van der Waals surface area (Å²) in [6.45, 7) is 2.30. The van der Waals surface area contributed by atoms with Gasteiger partial charge in [0, 0.05) is 13.1 Å². The Morgan fingerprint density at radius 2 is 1.92 bits per heavy atom. The number of carbonyl (C=O) groups excluding carboxylic acids is 1. The van der Waals surface area contributed by atoms with Crippen molar-refractivity contribution in [1.29, 1.82) is 0 Å². The number of fused-ring (bicyclic) bond motifs is 2. The lowest BCUT2D eigenvalue weighted by Gasteiger charge is -2.20. The smallest absolute Gasteiger partial charge is 0.320 e. The third-order valence-electron chi connectivity index (χ3n) is 5.94. The SMILES string of the molecule is CCNC(=O)Nc1ncnc2c1ncn2C1OC(CNCC(=O)O)[C@H]2O[C@@H](C=Cc3ccccc3)OC12. The molecule has 0 spiro atoms. The van der Waals surface area contributed by atoms with E-state index in [4.69, 9.17) is 19.3 Å². The van der Waals surface area contributed by atoms with Crippen LogP contribution in [0.5, 0.6) is 0 Å². The zero-order chi connectivity index (χ0) is 25.8. The molecule has 2 aliphatic heterocycles. The first kappa shape index (κ1) is 24.8. The average molecular weight is 510 g/mol. The first-order valence-corrected chi connectivity index (χ1v) is 11.9. The quantitative estimate of drug-likeness (QED) is 0.331. The minimum atomic E-state index is -0.970. The van der Waals surface area contributed by atoms with Crippen LogP contribution in [0.15, 0.2) is 49.1 Å². The van der Waals surface area contributed by atoms with Gasteiger partial charge in [-0.15, -0.1) is 0 Å². The number of hydrogen-bond donors (Lipinski definition) is 4. The van der Waals surface area contributed by atoms with Gasteiger partial charge >= 0.3 is 12.0 Å². The van der Waals surface area contributed by atoms with Crippen LogP contribution in [0.3, 0.4) is 0 Å². The number of aromatic nitrogens is 4. The number of imidazole rings is 1. The largest absolute Gasteiger partial charge is 0.480 e. The van der Waals surface area contributed by atoms with Gasteiger partial charge in [0.15, 0.2) is 29.5 Å². The molecule has 2 aromatic heterocycles. The number of rotatable bonds is 9. The Morgan fingerprint density at radius 3 is 2.70 bits per heavy atom. The molecule has 0 radical (unpaired) electrons. The number of carboxylic acids is 1. The molecule has 5 atom stereocenters. The van der Waals surface area contributed by atoms with Crippen LogP contribution in [0.4, 0.5) is 10.6 Å². The van der Waals surface area contributed by atoms with Gasteiger partial charge in [-0.2, -0.15) is 0 Å². The van der Waals surface area contributed by atoms with Crippen molar-refractivity contribution in [2.75, 3.05) is 25.0 Å². The molecule has 37 heavy (non-hydrogen) atoms. The number of nitrogens with one attached hydrogen (secondary N) is 3. The van der Waals surface area contributed by atoms with Gasteiger partial charge < -0.3 is 30.0 Å². The number of ether oxygens (including phenoxy) is 3. The predicted octanol–water partition coefficient (Wildman–Crippen LogP) is 1.36. The molecule has 0 saturated carbocycles. The molecule has 13 heteroatoms. The molecule has 1 aromatic carbocycles. The third kappa shape index (κ3) is 5.44. The second kappa shape index (κ2) is 11.0.